The highest BCUT2D eigenvalue weighted by Crippen LogP contribution is 2.21. The van der Waals surface area contributed by atoms with Crippen molar-refractivity contribution in [2.75, 3.05) is 13.1 Å². The summed E-state index contributed by atoms with van der Waals surface area (Å²) in [7, 11) is 0. The highest BCUT2D eigenvalue weighted by molar-refractivity contribution is 5.76. The fraction of sp³-hybridized carbons (Fsp3) is 0.476. The molecule has 144 valence electrons. The Balaban J connectivity index is 1.76. The van der Waals surface area contributed by atoms with Gasteiger partial charge in [0.15, 0.2) is 0 Å². The summed E-state index contributed by atoms with van der Waals surface area (Å²) >= 11 is 0. The van der Waals surface area contributed by atoms with Crippen LogP contribution in [0.5, 0.6) is 0 Å². The number of piperidine rings is 1. The number of nitrogens with zero attached hydrogens (tertiary/aromatic N) is 2. The molecule has 1 aromatic carbocycles. The van der Waals surface area contributed by atoms with E-state index in [4.69, 9.17) is 5.73 Å². The fourth-order valence-corrected chi connectivity index (χ4v) is 3.64. The Morgan fingerprint density at radius 1 is 1.37 bits per heavy atom. The lowest BCUT2D eigenvalue weighted by molar-refractivity contribution is -0.123. The van der Waals surface area contributed by atoms with Gasteiger partial charge in [0, 0.05) is 30.4 Å². The van der Waals surface area contributed by atoms with Gasteiger partial charge in [-0.25, -0.2) is 4.98 Å². The molecule has 1 fully saturated rings. The standard InChI is InChI=1S/C21H28N4O2/c1-2-3-9-18-12-19(26)24-21(23-18)16-7-4-6-15(11-16)13-25-10-5-8-17(14-25)20(22)27/h4,6-7,11-12,17H,2-3,5,8-10,13-14H2,1H3,(H2,22,27)(H,23,24,26). The molecular weight excluding hydrogens is 340 g/mol. The quantitative estimate of drug-likeness (QED) is 0.785. The van der Waals surface area contributed by atoms with E-state index in [1.165, 1.54) is 0 Å². The first kappa shape index (κ1) is 19.3. The zero-order valence-electron chi connectivity index (χ0n) is 15.9. The molecule has 6 heteroatoms. The van der Waals surface area contributed by atoms with Gasteiger partial charge in [-0.15, -0.1) is 0 Å². The average Bonchev–Trinajstić information content (AvgIpc) is 2.66. The van der Waals surface area contributed by atoms with Crippen LogP contribution in [0.15, 0.2) is 35.1 Å². The molecule has 0 radical (unpaired) electrons. The summed E-state index contributed by atoms with van der Waals surface area (Å²) in [5, 5.41) is 0. The number of nitrogens with two attached hydrogens (primary N) is 1. The van der Waals surface area contributed by atoms with E-state index in [-0.39, 0.29) is 17.4 Å². The van der Waals surface area contributed by atoms with Crippen molar-refractivity contribution in [1.82, 2.24) is 14.9 Å². The van der Waals surface area contributed by atoms with Gasteiger partial charge in [-0.05, 0) is 43.9 Å². The van der Waals surface area contributed by atoms with Crippen LogP contribution in [-0.2, 0) is 17.8 Å². The van der Waals surface area contributed by atoms with E-state index in [9.17, 15) is 9.59 Å². The molecule has 1 saturated heterocycles. The SMILES string of the molecule is CCCCc1cc(=O)[nH]c(-c2cccc(CN3CCCC(C(N)=O)C3)c2)n1. The number of aromatic nitrogens is 2. The number of nitrogens with one attached hydrogen (secondary N) is 1. The maximum atomic E-state index is 12.0. The minimum absolute atomic E-state index is 0.0600. The Morgan fingerprint density at radius 3 is 3.00 bits per heavy atom. The first-order valence-electron chi connectivity index (χ1n) is 9.76. The predicted molar refractivity (Wildman–Crippen MR) is 106 cm³/mol. The maximum Gasteiger partial charge on any atom is 0.251 e. The van der Waals surface area contributed by atoms with Crippen LogP contribution < -0.4 is 11.3 Å². The second-order valence-corrected chi connectivity index (χ2v) is 7.37. The molecule has 1 aliphatic heterocycles. The molecule has 1 unspecified atom stereocenters. The third-order valence-electron chi connectivity index (χ3n) is 5.10. The van der Waals surface area contributed by atoms with Gasteiger partial charge in [0.2, 0.25) is 5.91 Å². The largest absolute Gasteiger partial charge is 0.369 e. The molecule has 3 rings (SSSR count). The first-order valence-corrected chi connectivity index (χ1v) is 9.76. The van der Waals surface area contributed by atoms with Gasteiger partial charge in [0.1, 0.15) is 5.82 Å². The summed E-state index contributed by atoms with van der Waals surface area (Å²) in [6, 6.07) is 9.67. The zero-order chi connectivity index (χ0) is 19.2. The van der Waals surface area contributed by atoms with Crippen LogP contribution in [0.2, 0.25) is 0 Å². The van der Waals surface area contributed by atoms with E-state index in [2.05, 4.69) is 33.9 Å². The number of H-pyrrole nitrogens is 1. The number of carbonyl (C=O) groups excluding carboxylic acids is 1. The topological polar surface area (TPSA) is 92.1 Å². The van der Waals surface area contributed by atoms with Gasteiger partial charge in [0.25, 0.3) is 5.56 Å². The third kappa shape index (κ3) is 5.26. The second kappa shape index (κ2) is 8.95. The number of aromatic amines is 1. The molecule has 3 N–H and O–H groups in total. The van der Waals surface area contributed by atoms with Crippen molar-refractivity contribution in [2.45, 2.75) is 45.6 Å². The van der Waals surface area contributed by atoms with Crippen molar-refractivity contribution in [3.05, 3.63) is 51.9 Å². The minimum Gasteiger partial charge on any atom is -0.369 e. The number of carbonyl (C=O) groups is 1. The van der Waals surface area contributed by atoms with Crippen LogP contribution in [0.25, 0.3) is 11.4 Å². The summed E-state index contributed by atoms with van der Waals surface area (Å²) in [6.07, 6.45) is 4.77. The molecule has 0 aliphatic carbocycles. The van der Waals surface area contributed by atoms with Crippen LogP contribution in [0.4, 0.5) is 0 Å². The Bertz CT molecular complexity index is 846. The molecular formula is C21H28N4O2. The average molecular weight is 368 g/mol. The van der Waals surface area contributed by atoms with Crippen molar-refractivity contribution in [3.63, 3.8) is 0 Å². The van der Waals surface area contributed by atoms with E-state index in [1.54, 1.807) is 6.07 Å². The summed E-state index contributed by atoms with van der Waals surface area (Å²) in [6.45, 7) is 4.56. The molecule has 2 heterocycles. The molecule has 6 nitrogen and oxygen atoms in total. The fourth-order valence-electron chi connectivity index (χ4n) is 3.64. The number of hydrogen-bond acceptors (Lipinski definition) is 4. The summed E-state index contributed by atoms with van der Waals surface area (Å²) < 4.78 is 0. The molecule has 0 saturated carbocycles. The number of aryl methyl sites for hydroxylation is 1. The van der Waals surface area contributed by atoms with Gasteiger partial charge >= 0.3 is 0 Å². The number of likely N-dealkylation sites (tertiary alicyclic amines) is 1. The van der Waals surface area contributed by atoms with Gasteiger partial charge in [0.05, 0.1) is 5.92 Å². The summed E-state index contributed by atoms with van der Waals surface area (Å²) in [5.41, 5.74) is 8.25. The van der Waals surface area contributed by atoms with Crippen molar-refractivity contribution >= 4 is 5.91 Å². The van der Waals surface area contributed by atoms with Crippen molar-refractivity contribution in [2.24, 2.45) is 11.7 Å². The van der Waals surface area contributed by atoms with E-state index < -0.39 is 0 Å². The van der Waals surface area contributed by atoms with Crippen molar-refractivity contribution in [1.29, 1.82) is 0 Å². The monoisotopic (exact) mass is 368 g/mol. The van der Waals surface area contributed by atoms with Gasteiger partial charge in [-0.3, -0.25) is 14.5 Å². The van der Waals surface area contributed by atoms with Crippen LogP contribution in [-0.4, -0.2) is 33.9 Å². The third-order valence-corrected chi connectivity index (χ3v) is 5.10. The van der Waals surface area contributed by atoms with Crippen molar-refractivity contribution in [3.8, 4) is 11.4 Å². The summed E-state index contributed by atoms with van der Waals surface area (Å²) in [4.78, 5) is 33.2. The Kier molecular flexibility index (Phi) is 6.40. The molecule has 1 amide bonds. The Hall–Kier alpha value is -2.47. The number of hydrogen-bond donors (Lipinski definition) is 2. The highest BCUT2D eigenvalue weighted by Gasteiger charge is 2.23. The van der Waals surface area contributed by atoms with E-state index >= 15 is 0 Å². The van der Waals surface area contributed by atoms with Crippen LogP contribution in [0, 0.1) is 5.92 Å². The smallest absolute Gasteiger partial charge is 0.251 e. The zero-order valence-corrected chi connectivity index (χ0v) is 15.9. The molecule has 1 atom stereocenters. The number of primary amides is 1. The maximum absolute atomic E-state index is 12.0. The van der Waals surface area contributed by atoms with Crippen molar-refractivity contribution < 1.29 is 4.79 Å². The summed E-state index contributed by atoms with van der Waals surface area (Å²) in [5.74, 6) is 0.346. The highest BCUT2D eigenvalue weighted by atomic mass is 16.1. The molecule has 1 aliphatic rings. The van der Waals surface area contributed by atoms with Gasteiger partial charge < -0.3 is 10.7 Å². The Morgan fingerprint density at radius 2 is 2.22 bits per heavy atom. The molecule has 2 aromatic rings. The lowest BCUT2D eigenvalue weighted by atomic mass is 9.97. The van der Waals surface area contributed by atoms with E-state index in [0.717, 1.165) is 62.0 Å². The van der Waals surface area contributed by atoms with E-state index in [1.807, 2.05) is 12.1 Å². The van der Waals surface area contributed by atoms with E-state index in [0.29, 0.717) is 12.4 Å². The van der Waals surface area contributed by atoms with Crippen LogP contribution >= 0.6 is 0 Å². The Labute approximate surface area is 159 Å². The molecule has 1 aromatic heterocycles. The molecule has 0 bridgehead atoms. The van der Waals surface area contributed by atoms with Crippen LogP contribution in [0.1, 0.15) is 43.9 Å². The second-order valence-electron chi connectivity index (χ2n) is 7.37. The minimum atomic E-state index is -0.209. The number of rotatable bonds is 7. The lowest BCUT2D eigenvalue weighted by Gasteiger charge is -2.31. The van der Waals surface area contributed by atoms with Crippen LogP contribution in [0.3, 0.4) is 0 Å². The molecule has 27 heavy (non-hydrogen) atoms. The number of amides is 1. The lowest BCUT2D eigenvalue weighted by Crippen LogP contribution is -2.40. The van der Waals surface area contributed by atoms with Gasteiger partial charge in [-0.1, -0.05) is 31.5 Å². The predicted octanol–water partition coefficient (Wildman–Crippen LogP) is 2.48. The number of unbranched alkanes of at least 4 members (excludes halogenated alkanes) is 1. The first-order chi connectivity index (χ1) is 13.0. The van der Waals surface area contributed by atoms with Gasteiger partial charge in [-0.2, -0.15) is 0 Å². The molecule has 0 spiro atoms. The normalized spacial score (nSPS) is 17.7. The number of benzene rings is 1.